The van der Waals surface area contributed by atoms with Crippen LogP contribution in [0.3, 0.4) is 0 Å². The van der Waals surface area contributed by atoms with Gasteiger partial charge in [0.15, 0.2) is 17.7 Å². The second kappa shape index (κ2) is 11.1. The SMILES string of the molecule is O=C1C=CC=C/C1=C\NO.[Cu].[O-]/[N+](=C\c1cccs1)c1ccccc1O. The molecule has 1 aliphatic carbocycles. The van der Waals surface area contributed by atoms with E-state index in [2.05, 4.69) is 0 Å². The number of rotatable bonds is 3. The van der Waals surface area contributed by atoms with Gasteiger partial charge in [0, 0.05) is 34.9 Å². The average molecular weight is 420 g/mol. The van der Waals surface area contributed by atoms with Crippen LogP contribution in [0, 0.1) is 5.21 Å². The summed E-state index contributed by atoms with van der Waals surface area (Å²) in [5.74, 6) is -0.121. The first-order valence-corrected chi connectivity index (χ1v) is 8.11. The summed E-state index contributed by atoms with van der Waals surface area (Å²) in [6, 6.07) is 10.2. The number of phenols is 1. The monoisotopic (exact) mass is 419 g/mol. The van der Waals surface area contributed by atoms with Gasteiger partial charge in [0.1, 0.15) is 0 Å². The predicted octanol–water partition coefficient (Wildman–Crippen LogP) is 3.26. The van der Waals surface area contributed by atoms with Crippen molar-refractivity contribution in [3.63, 3.8) is 0 Å². The van der Waals surface area contributed by atoms with Crippen molar-refractivity contribution in [1.82, 2.24) is 5.48 Å². The summed E-state index contributed by atoms with van der Waals surface area (Å²) in [6.07, 6.45) is 9.11. The Morgan fingerprint density at radius 3 is 2.46 bits per heavy atom. The van der Waals surface area contributed by atoms with Crippen LogP contribution in [0.4, 0.5) is 5.69 Å². The maximum Gasteiger partial charge on any atom is 0.258 e. The first kappa shape index (κ1) is 21.4. The maximum absolute atomic E-state index is 11.6. The van der Waals surface area contributed by atoms with E-state index in [4.69, 9.17) is 5.21 Å². The fraction of sp³-hybridized carbons (Fsp3) is 0. The Morgan fingerprint density at radius 1 is 1.12 bits per heavy atom. The fourth-order valence-electron chi connectivity index (χ4n) is 1.87. The van der Waals surface area contributed by atoms with E-state index >= 15 is 0 Å². The largest absolute Gasteiger partial charge is 0.618 e. The van der Waals surface area contributed by atoms with Crippen molar-refractivity contribution >= 4 is 29.0 Å². The van der Waals surface area contributed by atoms with Crippen LogP contribution >= 0.6 is 11.3 Å². The molecule has 0 unspecified atom stereocenters. The zero-order valence-electron chi connectivity index (χ0n) is 13.4. The molecule has 26 heavy (non-hydrogen) atoms. The maximum atomic E-state index is 11.6. The summed E-state index contributed by atoms with van der Waals surface area (Å²) in [7, 11) is 0. The number of allylic oxidation sites excluding steroid dienone is 5. The predicted molar refractivity (Wildman–Crippen MR) is 97.2 cm³/mol. The zero-order valence-corrected chi connectivity index (χ0v) is 15.1. The Hall–Kier alpha value is -2.64. The van der Waals surface area contributed by atoms with Crippen molar-refractivity contribution in [2.24, 2.45) is 0 Å². The van der Waals surface area contributed by atoms with Crippen LogP contribution in [0.15, 0.2) is 77.9 Å². The quantitative estimate of drug-likeness (QED) is 0.177. The molecule has 0 aliphatic heterocycles. The second-order valence-electron chi connectivity index (χ2n) is 4.77. The Morgan fingerprint density at radius 2 is 1.85 bits per heavy atom. The first-order valence-electron chi connectivity index (χ1n) is 7.23. The molecule has 0 saturated carbocycles. The van der Waals surface area contributed by atoms with Crippen molar-refractivity contribution in [2.45, 2.75) is 0 Å². The summed E-state index contributed by atoms with van der Waals surface area (Å²) < 4.78 is 0.668. The van der Waals surface area contributed by atoms with Gasteiger partial charge in [0.25, 0.3) is 5.69 Å². The van der Waals surface area contributed by atoms with Crippen LogP contribution in [0.2, 0.25) is 0 Å². The van der Waals surface area contributed by atoms with Gasteiger partial charge in [-0.15, -0.1) is 11.3 Å². The summed E-state index contributed by atoms with van der Waals surface area (Å²) in [5.41, 5.74) is 2.50. The summed E-state index contributed by atoms with van der Waals surface area (Å²) in [6.45, 7) is 0. The second-order valence-corrected chi connectivity index (χ2v) is 5.75. The fourth-order valence-corrected chi connectivity index (χ4v) is 2.50. The van der Waals surface area contributed by atoms with Gasteiger partial charge in [-0.25, -0.2) is 0 Å². The van der Waals surface area contributed by atoms with E-state index in [-0.39, 0.29) is 34.3 Å². The number of aromatic hydroxyl groups is 1. The number of hydrogen-bond acceptors (Lipinski definition) is 6. The molecule has 1 aliphatic rings. The molecule has 0 atom stereocenters. The Bertz CT molecular complexity index is 843. The summed E-state index contributed by atoms with van der Waals surface area (Å²) >= 11 is 1.47. The van der Waals surface area contributed by atoms with Crippen molar-refractivity contribution in [3.05, 3.63) is 87.9 Å². The van der Waals surface area contributed by atoms with Gasteiger partial charge >= 0.3 is 0 Å². The number of carbonyl (C=O) groups is 1. The van der Waals surface area contributed by atoms with Gasteiger partial charge in [0.2, 0.25) is 0 Å². The standard InChI is InChI=1S/C11H9NO2S.C7H7NO2.Cu/c13-11-6-2-1-5-10(11)12(14)8-9-4-3-7-15-9;9-7-4-2-1-3-6(7)5-8-10;/h1-8,13H;1-5,8,10H;/b12-8-;6-5+;. The minimum atomic E-state index is -0.107. The third kappa shape index (κ3) is 6.34. The number of phenolic OH excluding ortho intramolecular Hbond substituents is 1. The van der Waals surface area contributed by atoms with E-state index < -0.39 is 0 Å². The van der Waals surface area contributed by atoms with E-state index in [1.54, 1.807) is 41.9 Å². The summed E-state index contributed by atoms with van der Waals surface area (Å²) in [5, 5.41) is 31.2. The van der Waals surface area contributed by atoms with Crippen LogP contribution in [0.5, 0.6) is 5.75 Å². The number of ketones is 1. The van der Waals surface area contributed by atoms with Gasteiger partial charge in [-0.3, -0.25) is 15.5 Å². The number of nitrogens with zero attached hydrogens (tertiary/aromatic N) is 1. The molecule has 1 aromatic carbocycles. The van der Waals surface area contributed by atoms with Gasteiger partial charge in [-0.1, -0.05) is 30.4 Å². The molecule has 3 N–H and O–H groups in total. The smallest absolute Gasteiger partial charge is 0.258 e. The first-order chi connectivity index (χ1) is 12.1. The minimum absolute atomic E-state index is 0. The Labute approximate surface area is 165 Å². The number of hydrogen-bond donors (Lipinski definition) is 3. The topological polar surface area (TPSA) is 95.6 Å². The van der Waals surface area contributed by atoms with Crippen LogP contribution in [-0.4, -0.2) is 27.1 Å². The molecule has 0 bridgehead atoms. The number of thiophene rings is 1. The molecule has 0 spiro atoms. The molecular weight excluding hydrogens is 404 g/mol. The molecular formula is C18H16CuN2O4S. The van der Waals surface area contributed by atoms with Crippen molar-refractivity contribution in [2.75, 3.05) is 0 Å². The van der Waals surface area contributed by atoms with Crippen molar-refractivity contribution < 1.29 is 36.9 Å². The van der Waals surface area contributed by atoms with Crippen LogP contribution in [0.25, 0.3) is 0 Å². The third-order valence-electron chi connectivity index (χ3n) is 3.05. The van der Waals surface area contributed by atoms with Crippen LogP contribution in [0.1, 0.15) is 4.88 Å². The normalized spacial score (nSPS) is 14.4. The molecule has 3 rings (SSSR count). The average Bonchev–Trinajstić information content (AvgIpc) is 3.11. The minimum Gasteiger partial charge on any atom is -0.618 e. The molecule has 1 radical (unpaired) electrons. The molecule has 0 fully saturated rings. The van der Waals surface area contributed by atoms with Gasteiger partial charge in [0.05, 0.1) is 4.88 Å². The Kier molecular flexibility index (Phi) is 9.11. The molecule has 2 aromatic rings. The van der Waals surface area contributed by atoms with Crippen LogP contribution in [-0.2, 0) is 21.9 Å². The number of nitrogens with one attached hydrogen (secondary N) is 1. The molecule has 0 saturated heterocycles. The van der Waals surface area contributed by atoms with Gasteiger partial charge in [-0.2, -0.15) is 4.74 Å². The van der Waals surface area contributed by atoms with E-state index in [1.807, 2.05) is 17.5 Å². The molecule has 139 valence electrons. The zero-order chi connectivity index (χ0) is 18.1. The number of carbonyl (C=O) groups excluding carboxylic acids is 1. The van der Waals surface area contributed by atoms with Gasteiger partial charge in [-0.05, 0) is 29.7 Å². The molecule has 8 heteroatoms. The van der Waals surface area contributed by atoms with Crippen molar-refractivity contribution in [1.29, 1.82) is 0 Å². The molecule has 0 amide bonds. The van der Waals surface area contributed by atoms with E-state index in [0.29, 0.717) is 10.3 Å². The Balaban J connectivity index is 0.000000270. The molecule has 1 aromatic heterocycles. The number of para-hydroxylation sites is 2. The third-order valence-corrected chi connectivity index (χ3v) is 3.85. The van der Waals surface area contributed by atoms with Crippen molar-refractivity contribution in [3.8, 4) is 5.75 Å². The molecule has 6 nitrogen and oxygen atoms in total. The molecule has 1 heterocycles. The van der Waals surface area contributed by atoms with E-state index in [0.717, 1.165) is 4.88 Å². The van der Waals surface area contributed by atoms with E-state index in [9.17, 15) is 15.1 Å². The van der Waals surface area contributed by atoms with E-state index in [1.165, 1.54) is 35.9 Å². The number of benzene rings is 1. The van der Waals surface area contributed by atoms with Gasteiger partial charge < -0.3 is 10.3 Å². The van der Waals surface area contributed by atoms with Crippen LogP contribution < -0.4 is 5.48 Å². The summed E-state index contributed by atoms with van der Waals surface area (Å²) in [4.78, 5) is 11.7. The number of hydroxylamine groups is 1.